The number of nitrogens with one attached hydrogen (secondary N) is 3. The number of aryl methyl sites for hydroxylation is 1. The van der Waals surface area contributed by atoms with Crippen LogP contribution in [0.3, 0.4) is 0 Å². The molecule has 0 fully saturated rings. The van der Waals surface area contributed by atoms with Crippen LogP contribution in [0, 0.1) is 6.92 Å². The minimum absolute atomic E-state index is 0.0254. The Morgan fingerprint density at radius 3 is 2.46 bits per heavy atom. The molecule has 0 aliphatic carbocycles. The van der Waals surface area contributed by atoms with Gasteiger partial charge >= 0.3 is 12.0 Å². The van der Waals surface area contributed by atoms with Crippen molar-refractivity contribution in [2.45, 2.75) is 25.8 Å². The number of benzene rings is 2. The summed E-state index contributed by atoms with van der Waals surface area (Å²) >= 11 is 0. The maximum Gasteiger partial charge on any atom is 0.323 e. The quantitative estimate of drug-likeness (QED) is 0.214. The zero-order valence-corrected chi connectivity index (χ0v) is 26.8. The Labute approximate surface area is 267 Å². The number of carboxylic acids is 1. The predicted molar refractivity (Wildman–Crippen MR) is 175 cm³/mol. The molecule has 1 aliphatic rings. The van der Waals surface area contributed by atoms with Crippen molar-refractivity contribution >= 4 is 49.9 Å². The Bertz CT molecular complexity index is 1730. The molecule has 1 atom stereocenters. The number of rotatable bonds is 13. The fourth-order valence-electron chi connectivity index (χ4n) is 4.75. The number of carbonyl (C=O) groups excluding carboxylic acids is 2. The standard InChI is InChI=1S/C31H37N7O7S/c1-20-7-5-6-8-24(20)35-31(42)36-26-11-9-21(14-28(26)45-4)13-23(39)17-32-22-10-12-25(33-16-22)27(15-30(40)41)38(3)46(43,44)29-18-37(2)19-34-29/h5-12,14,16,27,32H,13,15,17-19H2,1-4H3,(H,40,41)(H2,35,36,42). The normalized spacial score (nSPS) is 14.0. The van der Waals surface area contributed by atoms with Crippen molar-refractivity contribution in [1.29, 1.82) is 0 Å². The lowest BCUT2D eigenvalue weighted by atomic mass is 10.1. The van der Waals surface area contributed by atoms with Crippen molar-refractivity contribution in [3.05, 3.63) is 77.6 Å². The topological polar surface area (TPSA) is 183 Å². The van der Waals surface area contributed by atoms with Gasteiger partial charge in [-0.15, -0.1) is 0 Å². The fraction of sp³-hybridized carbons (Fsp3) is 0.323. The molecule has 15 heteroatoms. The van der Waals surface area contributed by atoms with Crippen LogP contribution in [0.4, 0.5) is 21.9 Å². The van der Waals surface area contributed by atoms with Crippen LogP contribution in [0.5, 0.6) is 5.75 Å². The molecule has 4 rings (SSSR count). The molecule has 0 bridgehead atoms. The number of urea groups is 1. The minimum atomic E-state index is -4.01. The first-order chi connectivity index (χ1) is 21.9. The van der Waals surface area contributed by atoms with Gasteiger partial charge in [0.2, 0.25) is 0 Å². The van der Waals surface area contributed by atoms with Crippen LogP contribution in [0.2, 0.25) is 0 Å². The van der Waals surface area contributed by atoms with Gasteiger partial charge in [-0.05, 0) is 55.4 Å². The van der Waals surface area contributed by atoms with Crippen molar-refractivity contribution in [2.24, 2.45) is 4.99 Å². The molecule has 2 amide bonds. The largest absolute Gasteiger partial charge is 0.495 e. The Morgan fingerprint density at radius 1 is 1.09 bits per heavy atom. The van der Waals surface area contributed by atoms with Gasteiger partial charge in [0.15, 0.2) is 10.8 Å². The number of carbonyl (C=O) groups is 3. The molecule has 1 unspecified atom stereocenters. The van der Waals surface area contributed by atoms with Gasteiger partial charge in [-0.1, -0.05) is 24.3 Å². The monoisotopic (exact) mass is 651 g/mol. The molecule has 2 aromatic carbocycles. The van der Waals surface area contributed by atoms with Crippen molar-refractivity contribution in [1.82, 2.24) is 14.2 Å². The highest BCUT2D eigenvalue weighted by atomic mass is 32.2. The number of anilines is 3. The van der Waals surface area contributed by atoms with Crippen LogP contribution in [0.25, 0.3) is 0 Å². The summed E-state index contributed by atoms with van der Waals surface area (Å²) in [6, 6.07) is 14.1. The Balaban J connectivity index is 1.35. The number of ketones is 1. The summed E-state index contributed by atoms with van der Waals surface area (Å²) in [7, 11) is 0.512. The molecule has 0 radical (unpaired) electrons. The maximum absolute atomic E-state index is 13.1. The molecule has 1 aromatic heterocycles. The summed E-state index contributed by atoms with van der Waals surface area (Å²) in [6.07, 6.45) is 1.02. The van der Waals surface area contributed by atoms with Gasteiger partial charge < -0.3 is 25.8 Å². The molecular weight excluding hydrogens is 614 g/mol. The molecule has 1 aliphatic heterocycles. The lowest BCUT2D eigenvalue weighted by molar-refractivity contribution is -0.138. The van der Waals surface area contributed by atoms with E-state index in [4.69, 9.17) is 4.74 Å². The van der Waals surface area contributed by atoms with Crippen LogP contribution < -0.4 is 20.7 Å². The second-order valence-corrected chi connectivity index (χ2v) is 12.8. The van der Waals surface area contributed by atoms with Gasteiger partial charge in [0.1, 0.15) is 5.75 Å². The van der Waals surface area contributed by atoms with E-state index in [9.17, 15) is 27.9 Å². The van der Waals surface area contributed by atoms with Crippen molar-refractivity contribution in [3.63, 3.8) is 0 Å². The lowest BCUT2D eigenvalue weighted by Gasteiger charge is -2.26. The second kappa shape index (κ2) is 14.9. The third kappa shape index (κ3) is 8.65. The maximum atomic E-state index is 13.1. The van der Waals surface area contributed by atoms with E-state index >= 15 is 0 Å². The number of hydrogen-bond donors (Lipinski definition) is 4. The van der Waals surface area contributed by atoms with E-state index in [2.05, 4.69) is 25.9 Å². The number of carboxylic acid groups (broad SMARTS) is 1. The van der Waals surface area contributed by atoms with Crippen LogP contribution in [0.15, 0.2) is 65.8 Å². The highest BCUT2D eigenvalue weighted by Crippen LogP contribution is 2.28. The van der Waals surface area contributed by atoms with Crippen LogP contribution in [-0.4, -0.2) is 91.5 Å². The summed E-state index contributed by atoms with van der Waals surface area (Å²) in [5.41, 5.74) is 3.46. The average molecular weight is 652 g/mol. The molecule has 2 heterocycles. The van der Waals surface area contributed by atoms with Crippen molar-refractivity contribution in [2.75, 3.05) is 56.9 Å². The summed E-state index contributed by atoms with van der Waals surface area (Å²) < 4.78 is 32.7. The molecule has 244 valence electrons. The molecule has 14 nitrogen and oxygen atoms in total. The zero-order valence-electron chi connectivity index (χ0n) is 26.0. The highest BCUT2D eigenvalue weighted by Gasteiger charge is 2.35. The van der Waals surface area contributed by atoms with E-state index in [-0.39, 0.29) is 42.7 Å². The highest BCUT2D eigenvalue weighted by molar-refractivity contribution is 8.04. The summed E-state index contributed by atoms with van der Waals surface area (Å²) in [5.74, 6) is -0.924. The van der Waals surface area contributed by atoms with Gasteiger partial charge in [-0.25, -0.2) is 13.2 Å². The molecule has 3 aromatic rings. The number of aliphatic imine (C=N–C) groups is 1. The Morgan fingerprint density at radius 2 is 1.83 bits per heavy atom. The van der Waals surface area contributed by atoms with Crippen LogP contribution in [0.1, 0.15) is 29.3 Å². The number of sulfonamides is 1. The number of nitrogens with zero attached hydrogens (tertiary/aromatic N) is 4. The summed E-state index contributed by atoms with van der Waals surface area (Å²) in [5, 5.41) is 18.0. The van der Waals surface area contributed by atoms with Crippen LogP contribution in [-0.2, 0) is 26.0 Å². The molecule has 4 N–H and O–H groups in total. The minimum Gasteiger partial charge on any atom is -0.495 e. The number of pyridine rings is 1. The smallest absolute Gasteiger partial charge is 0.323 e. The first kappa shape index (κ1) is 34.0. The number of hydrogen-bond acceptors (Lipinski definition) is 10. The summed E-state index contributed by atoms with van der Waals surface area (Å²) in [6.45, 7) is 2.24. The number of methoxy groups -OCH3 is 1. The predicted octanol–water partition coefficient (Wildman–Crippen LogP) is 3.35. The third-order valence-corrected chi connectivity index (χ3v) is 9.17. The molecule has 0 saturated carbocycles. The van der Waals surface area contributed by atoms with E-state index in [0.29, 0.717) is 28.4 Å². The zero-order chi connectivity index (χ0) is 33.4. The number of para-hydroxylation sites is 1. The number of Topliss-reactive ketones (excluding diaryl/α,β-unsaturated/α-hetero) is 1. The van der Waals surface area contributed by atoms with Crippen molar-refractivity contribution < 1.29 is 32.6 Å². The number of aliphatic carboxylic acids is 1. The SMILES string of the molecule is COc1cc(CC(=O)CNc2ccc(C(CC(=O)O)N(C)S(=O)(=O)C3=NCN(C)C3)nc2)ccc1NC(=O)Nc1ccccc1C. The lowest BCUT2D eigenvalue weighted by Crippen LogP contribution is -2.39. The number of aromatic nitrogens is 1. The summed E-state index contributed by atoms with van der Waals surface area (Å²) in [4.78, 5) is 47.0. The van der Waals surface area contributed by atoms with E-state index < -0.39 is 34.5 Å². The molecule has 0 saturated heterocycles. The molecule has 46 heavy (non-hydrogen) atoms. The Kier molecular flexibility index (Phi) is 11.1. The fourth-order valence-corrected chi connectivity index (χ4v) is 6.20. The van der Waals surface area contributed by atoms with Gasteiger partial charge in [0.05, 0.1) is 62.6 Å². The van der Waals surface area contributed by atoms with Gasteiger partial charge in [0, 0.05) is 19.2 Å². The molecule has 0 spiro atoms. The first-order valence-corrected chi connectivity index (χ1v) is 15.7. The van der Waals surface area contributed by atoms with E-state index in [1.807, 2.05) is 25.1 Å². The first-order valence-electron chi connectivity index (χ1n) is 14.3. The molecular formula is C31H37N7O7S. The van der Waals surface area contributed by atoms with Crippen LogP contribution >= 0.6 is 0 Å². The van der Waals surface area contributed by atoms with E-state index in [0.717, 1.165) is 9.87 Å². The second-order valence-electron chi connectivity index (χ2n) is 10.8. The van der Waals surface area contributed by atoms with E-state index in [1.165, 1.54) is 26.4 Å². The number of ether oxygens (including phenoxy) is 1. The third-order valence-electron chi connectivity index (χ3n) is 7.30. The Hall–Kier alpha value is -4.86. The number of amides is 2. The van der Waals surface area contributed by atoms with Gasteiger partial charge in [-0.3, -0.25) is 24.5 Å². The van der Waals surface area contributed by atoms with Crippen molar-refractivity contribution in [3.8, 4) is 5.75 Å². The van der Waals surface area contributed by atoms with Gasteiger partial charge in [0.25, 0.3) is 10.0 Å². The van der Waals surface area contributed by atoms with E-state index in [1.54, 1.807) is 42.3 Å². The van der Waals surface area contributed by atoms with Gasteiger partial charge in [-0.2, -0.15) is 4.31 Å². The average Bonchev–Trinajstić information content (AvgIpc) is 3.47.